The average molecular weight is 299 g/mol. The van der Waals surface area contributed by atoms with E-state index in [1.807, 2.05) is 6.07 Å². The Morgan fingerprint density at radius 1 is 1.21 bits per heavy atom. The Kier molecular flexibility index (Phi) is 4.58. The number of ether oxygens (including phenoxy) is 1. The Balaban J connectivity index is 2.15. The van der Waals surface area contributed by atoms with Crippen molar-refractivity contribution in [3.63, 3.8) is 0 Å². The van der Waals surface area contributed by atoms with Crippen LogP contribution in [0, 0.1) is 0 Å². The van der Waals surface area contributed by atoms with E-state index in [0.29, 0.717) is 28.0 Å². The standard InChI is InChI=1S/C13H12Cl2N2O2/c1-19-13-6-11(16-7-17-13)12(18)5-8-2-3-9(14)10(15)4-8/h2-4,6-7,12,18H,5H2,1H3. The highest BCUT2D eigenvalue weighted by Crippen LogP contribution is 2.25. The summed E-state index contributed by atoms with van der Waals surface area (Å²) < 4.78 is 4.99. The van der Waals surface area contributed by atoms with E-state index in [1.54, 1.807) is 18.2 Å². The zero-order valence-electron chi connectivity index (χ0n) is 10.2. The molecule has 0 fully saturated rings. The van der Waals surface area contributed by atoms with Crippen molar-refractivity contribution in [1.82, 2.24) is 9.97 Å². The van der Waals surface area contributed by atoms with Crippen LogP contribution in [0.5, 0.6) is 5.88 Å². The van der Waals surface area contributed by atoms with Gasteiger partial charge in [0.15, 0.2) is 0 Å². The van der Waals surface area contributed by atoms with Gasteiger partial charge in [0.25, 0.3) is 0 Å². The molecule has 1 N–H and O–H groups in total. The fourth-order valence-electron chi connectivity index (χ4n) is 1.64. The Hall–Kier alpha value is -1.36. The van der Waals surface area contributed by atoms with Crippen LogP contribution in [0.1, 0.15) is 17.4 Å². The van der Waals surface area contributed by atoms with E-state index in [9.17, 15) is 5.11 Å². The molecule has 0 aliphatic carbocycles. The number of hydrogen-bond acceptors (Lipinski definition) is 4. The Bertz CT molecular complexity index is 578. The third-order valence-electron chi connectivity index (χ3n) is 2.63. The molecule has 1 unspecified atom stereocenters. The van der Waals surface area contributed by atoms with E-state index in [-0.39, 0.29) is 0 Å². The Morgan fingerprint density at radius 2 is 2.00 bits per heavy atom. The van der Waals surface area contributed by atoms with E-state index in [0.717, 1.165) is 5.56 Å². The Morgan fingerprint density at radius 3 is 2.68 bits per heavy atom. The largest absolute Gasteiger partial charge is 0.481 e. The number of aliphatic hydroxyl groups excluding tert-OH is 1. The summed E-state index contributed by atoms with van der Waals surface area (Å²) in [5.74, 6) is 0.415. The Labute approximate surface area is 121 Å². The molecule has 2 rings (SSSR count). The van der Waals surface area contributed by atoms with E-state index < -0.39 is 6.10 Å². The predicted molar refractivity (Wildman–Crippen MR) is 73.7 cm³/mol. The minimum atomic E-state index is -0.755. The highest BCUT2D eigenvalue weighted by Gasteiger charge is 2.12. The zero-order valence-corrected chi connectivity index (χ0v) is 11.7. The van der Waals surface area contributed by atoms with Crippen LogP contribution >= 0.6 is 23.2 Å². The number of methoxy groups -OCH3 is 1. The van der Waals surface area contributed by atoms with Gasteiger partial charge in [0, 0.05) is 12.5 Å². The summed E-state index contributed by atoms with van der Waals surface area (Å²) in [6, 6.07) is 6.84. The van der Waals surface area contributed by atoms with Crippen molar-refractivity contribution in [2.45, 2.75) is 12.5 Å². The summed E-state index contributed by atoms with van der Waals surface area (Å²) in [7, 11) is 1.51. The van der Waals surface area contributed by atoms with Gasteiger partial charge < -0.3 is 9.84 Å². The molecule has 0 radical (unpaired) electrons. The van der Waals surface area contributed by atoms with Crippen molar-refractivity contribution >= 4 is 23.2 Å². The predicted octanol–water partition coefficient (Wildman–Crippen LogP) is 3.07. The van der Waals surface area contributed by atoms with Crippen LogP contribution in [0.2, 0.25) is 10.0 Å². The van der Waals surface area contributed by atoms with Crippen LogP contribution in [0.3, 0.4) is 0 Å². The minimum absolute atomic E-state index is 0.386. The lowest BCUT2D eigenvalue weighted by Gasteiger charge is -2.11. The normalized spacial score (nSPS) is 12.2. The summed E-state index contributed by atoms with van der Waals surface area (Å²) in [5, 5.41) is 11.1. The quantitative estimate of drug-likeness (QED) is 0.942. The highest BCUT2D eigenvalue weighted by molar-refractivity contribution is 6.42. The molecule has 1 atom stereocenters. The van der Waals surface area contributed by atoms with Gasteiger partial charge in [0.05, 0.1) is 22.8 Å². The SMILES string of the molecule is COc1cc(C(O)Cc2ccc(Cl)c(Cl)c2)ncn1. The molecule has 4 nitrogen and oxygen atoms in total. The molecule has 0 spiro atoms. The topological polar surface area (TPSA) is 55.2 Å². The molecule has 19 heavy (non-hydrogen) atoms. The summed E-state index contributed by atoms with van der Waals surface area (Å²) in [6.45, 7) is 0. The van der Waals surface area contributed by atoms with Crippen LogP contribution in [-0.2, 0) is 6.42 Å². The van der Waals surface area contributed by atoms with Gasteiger partial charge in [0.1, 0.15) is 12.4 Å². The molecular weight excluding hydrogens is 287 g/mol. The van der Waals surface area contributed by atoms with E-state index in [1.165, 1.54) is 13.4 Å². The van der Waals surface area contributed by atoms with Crippen LogP contribution < -0.4 is 4.74 Å². The second kappa shape index (κ2) is 6.19. The molecule has 0 saturated heterocycles. The number of hydrogen-bond donors (Lipinski definition) is 1. The van der Waals surface area contributed by atoms with Crippen molar-refractivity contribution in [2.24, 2.45) is 0 Å². The average Bonchev–Trinajstić information content (AvgIpc) is 2.43. The first kappa shape index (κ1) is 14.1. The fourth-order valence-corrected chi connectivity index (χ4v) is 1.96. The van der Waals surface area contributed by atoms with E-state index in [4.69, 9.17) is 27.9 Å². The molecule has 0 saturated carbocycles. The highest BCUT2D eigenvalue weighted by atomic mass is 35.5. The lowest BCUT2D eigenvalue weighted by molar-refractivity contribution is 0.173. The molecule has 1 aromatic heterocycles. The molecule has 0 aliphatic rings. The lowest BCUT2D eigenvalue weighted by atomic mass is 10.1. The van der Waals surface area contributed by atoms with Gasteiger partial charge in [-0.15, -0.1) is 0 Å². The maximum Gasteiger partial charge on any atom is 0.216 e. The van der Waals surface area contributed by atoms with Gasteiger partial charge in [-0.3, -0.25) is 0 Å². The van der Waals surface area contributed by atoms with Crippen molar-refractivity contribution in [3.8, 4) is 5.88 Å². The van der Waals surface area contributed by atoms with Gasteiger partial charge in [-0.05, 0) is 17.7 Å². The monoisotopic (exact) mass is 298 g/mol. The van der Waals surface area contributed by atoms with Gasteiger partial charge in [-0.2, -0.15) is 0 Å². The molecule has 0 amide bonds. The zero-order chi connectivity index (χ0) is 13.8. The summed E-state index contributed by atoms with van der Waals surface area (Å²) in [6.07, 6.45) is 0.984. The van der Waals surface area contributed by atoms with Crippen LogP contribution in [0.4, 0.5) is 0 Å². The van der Waals surface area contributed by atoms with Crippen LogP contribution in [0.15, 0.2) is 30.6 Å². The molecule has 0 aliphatic heterocycles. The summed E-state index contributed by atoms with van der Waals surface area (Å²) in [4.78, 5) is 7.91. The van der Waals surface area contributed by atoms with E-state index >= 15 is 0 Å². The van der Waals surface area contributed by atoms with Gasteiger partial charge in [0.2, 0.25) is 5.88 Å². The van der Waals surface area contributed by atoms with Crippen molar-refractivity contribution < 1.29 is 9.84 Å². The van der Waals surface area contributed by atoms with Crippen molar-refractivity contribution in [3.05, 3.63) is 51.9 Å². The second-order valence-corrected chi connectivity index (χ2v) is 4.77. The van der Waals surface area contributed by atoms with Gasteiger partial charge in [-0.25, -0.2) is 9.97 Å². The maximum absolute atomic E-state index is 10.1. The molecule has 100 valence electrons. The number of aliphatic hydroxyl groups is 1. The summed E-state index contributed by atoms with van der Waals surface area (Å²) in [5.41, 5.74) is 1.37. The first-order valence-electron chi connectivity index (χ1n) is 5.58. The van der Waals surface area contributed by atoms with Crippen molar-refractivity contribution in [1.29, 1.82) is 0 Å². The molecule has 1 heterocycles. The molecule has 6 heteroatoms. The molecule has 1 aromatic carbocycles. The first-order valence-corrected chi connectivity index (χ1v) is 6.33. The minimum Gasteiger partial charge on any atom is -0.481 e. The molecule has 0 bridgehead atoms. The first-order chi connectivity index (χ1) is 9.10. The van der Waals surface area contributed by atoms with Gasteiger partial charge >= 0.3 is 0 Å². The third-order valence-corrected chi connectivity index (χ3v) is 3.37. The van der Waals surface area contributed by atoms with Crippen LogP contribution in [-0.4, -0.2) is 22.2 Å². The van der Waals surface area contributed by atoms with Gasteiger partial charge in [-0.1, -0.05) is 29.3 Å². The summed E-state index contributed by atoms with van der Waals surface area (Å²) >= 11 is 11.8. The smallest absolute Gasteiger partial charge is 0.216 e. The lowest BCUT2D eigenvalue weighted by Crippen LogP contribution is -2.05. The molecular formula is C13H12Cl2N2O2. The van der Waals surface area contributed by atoms with Crippen molar-refractivity contribution in [2.75, 3.05) is 7.11 Å². The fraction of sp³-hybridized carbons (Fsp3) is 0.231. The maximum atomic E-state index is 10.1. The number of rotatable bonds is 4. The second-order valence-electron chi connectivity index (χ2n) is 3.95. The van der Waals surface area contributed by atoms with E-state index in [2.05, 4.69) is 9.97 Å². The van der Waals surface area contributed by atoms with Crippen LogP contribution in [0.25, 0.3) is 0 Å². The number of halogens is 2. The number of benzene rings is 1. The number of aromatic nitrogens is 2. The number of nitrogens with zero attached hydrogens (tertiary/aromatic N) is 2. The third kappa shape index (κ3) is 3.56. The molecule has 2 aromatic rings.